The second-order valence-corrected chi connectivity index (χ2v) is 6.72. The van der Waals surface area contributed by atoms with Crippen LogP contribution >= 0.6 is 0 Å². The Hall–Kier alpha value is -0.0800. The Balaban J connectivity index is 1.47. The molecule has 0 aromatic carbocycles. The number of likely N-dealkylation sites (tertiary alicyclic amines) is 1. The highest BCUT2D eigenvalue weighted by Crippen LogP contribution is 2.41. The van der Waals surface area contributed by atoms with Crippen molar-refractivity contribution < 1.29 is 0 Å². The zero-order chi connectivity index (χ0) is 11.7. The Morgan fingerprint density at radius 2 is 1.71 bits per heavy atom. The van der Waals surface area contributed by atoms with Gasteiger partial charge >= 0.3 is 0 Å². The minimum Gasteiger partial charge on any atom is -0.316 e. The van der Waals surface area contributed by atoms with Gasteiger partial charge in [-0.15, -0.1) is 0 Å². The maximum Gasteiger partial charge on any atom is 0.00957 e. The molecule has 3 rings (SSSR count). The fourth-order valence-electron chi connectivity index (χ4n) is 4.14. The predicted octanol–water partition coefficient (Wildman–Crippen LogP) is 2.64. The van der Waals surface area contributed by atoms with E-state index in [0.717, 1.165) is 17.4 Å². The Labute approximate surface area is 106 Å². The van der Waals surface area contributed by atoms with Crippen molar-refractivity contribution in [3.05, 3.63) is 0 Å². The molecule has 0 aromatic rings. The van der Waals surface area contributed by atoms with Crippen LogP contribution in [0.2, 0.25) is 0 Å². The van der Waals surface area contributed by atoms with Gasteiger partial charge in [0.25, 0.3) is 0 Å². The maximum atomic E-state index is 3.47. The third-order valence-corrected chi connectivity index (χ3v) is 5.76. The van der Waals surface area contributed by atoms with Gasteiger partial charge < -0.3 is 10.2 Å². The number of piperidine rings is 1. The largest absolute Gasteiger partial charge is 0.316 e. The van der Waals surface area contributed by atoms with Gasteiger partial charge in [0, 0.05) is 19.1 Å². The predicted molar refractivity (Wildman–Crippen MR) is 72.1 cm³/mol. The minimum absolute atomic E-state index is 0.734. The number of nitrogens with one attached hydrogen (secondary N) is 1. The molecule has 0 atom stereocenters. The summed E-state index contributed by atoms with van der Waals surface area (Å²) in [6.07, 6.45) is 10.2. The molecule has 0 unspecified atom stereocenters. The molecule has 17 heavy (non-hydrogen) atoms. The number of hydrogen-bond acceptors (Lipinski definition) is 2. The van der Waals surface area contributed by atoms with E-state index >= 15 is 0 Å². The van der Waals surface area contributed by atoms with Crippen LogP contribution < -0.4 is 5.32 Å². The van der Waals surface area contributed by atoms with Crippen molar-refractivity contribution in [1.82, 2.24) is 10.2 Å². The first-order valence-electron chi connectivity index (χ1n) is 7.76. The lowest BCUT2D eigenvalue weighted by Gasteiger charge is -2.50. The van der Waals surface area contributed by atoms with Crippen molar-refractivity contribution >= 4 is 0 Å². The third kappa shape index (κ3) is 2.39. The molecule has 2 aliphatic heterocycles. The van der Waals surface area contributed by atoms with Gasteiger partial charge in [-0.1, -0.05) is 13.3 Å². The molecule has 0 radical (unpaired) electrons. The van der Waals surface area contributed by atoms with E-state index in [0.29, 0.717) is 0 Å². The summed E-state index contributed by atoms with van der Waals surface area (Å²) in [5.74, 6) is 1.03. The maximum absolute atomic E-state index is 3.47. The zero-order valence-corrected chi connectivity index (χ0v) is 11.4. The van der Waals surface area contributed by atoms with E-state index in [9.17, 15) is 0 Å². The van der Waals surface area contributed by atoms with Crippen LogP contribution in [-0.4, -0.2) is 37.1 Å². The molecule has 3 aliphatic rings. The van der Waals surface area contributed by atoms with Crippen molar-refractivity contribution in [2.45, 2.75) is 57.9 Å². The zero-order valence-electron chi connectivity index (χ0n) is 11.4. The second kappa shape index (κ2) is 4.89. The second-order valence-electron chi connectivity index (χ2n) is 6.72. The van der Waals surface area contributed by atoms with Crippen LogP contribution in [0.15, 0.2) is 0 Å². The number of hydrogen-bond donors (Lipinski definition) is 1. The molecule has 2 saturated heterocycles. The molecule has 2 nitrogen and oxygen atoms in total. The van der Waals surface area contributed by atoms with Gasteiger partial charge in [-0.25, -0.2) is 0 Å². The van der Waals surface area contributed by atoms with Crippen LogP contribution in [0, 0.1) is 11.3 Å². The van der Waals surface area contributed by atoms with Crippen molar-refractivity contribution in [1.29, 1.82) is 0 Å². The van der Waals surface area contributed by atoms with Gasteiger partial charge in [-0.3, -0.25) is 0 Å². The normalized spacial score (nSPS) is 31.6. The SMILES string of the molecule is CCC1CCN(C2CCC3(CC2)CNC3)CC1. The van der Waals surface area contributed by atoms with Gasteiger partial charge in [-0.05, 0) is 62.9 Å². The van der Waals surface area contributed by atoms with Crippen LogP contribution in [0.5, 0.6) is 0 Å². The summed E-state index contributed by atoms with van der Waals surface area (Å²) >= 11 is 0. The average Bonchev–Trinajstić information content (AvgIpc) is 2.37. The molecule has 98 valence electrons. The fraction of sp³-hybridized carbons (Fsp3) is 1.00. The molecule has 0 aromatic heterocycles. The Kier molecular flexibility index (Phi) is 3.45. The molecule has 2 heteroatoms. The smallest absolute Gasteiger partial charge is 0.00957 e. The molecule has 1 spiro atoms. The van der Waals surface area contributed by atoms with E-state index in [-0.39, 0.29) is 0 Å². The summed E-state index contributed by atoms with van der Waals surface area (Å²) in [6.45, 7) is 7.73. The van der Waals surface area contributed by atoms with Gasteiger partial charge in [0.2, 0.25) is 0 Å². The molecular weight excluding hydrogens is 208 g/mol. The molecule has 2 heterocycles. The summed E-state index contributed by atoms with van der Waals surface area (Å²) in [6, 6.07) is 0.930. The van der Waals surface area contributed by atoms with E-state index in [4.69, 9.17) is 0 Å². The quantitative estimate of drug-likeness (QED) is 0.793. The van der Waals surface area contributed by atoms with Crippen molar-refractivity contribution in [3.8, 4) is 0 Å². The van der Waals surface area contributed by atoms with Crippen LogP contribution in [0.3, 0.4) is 0 Å². The van der Waals surface area contributed by atoms with Crippen molar-refractivity contribution in [2.75, 3.05) is 26.2 Å². The lowest BCUT2D eigenvalue weighted by molar-refractivity contribution is 0.0354. The Morgan fingerprint density at radius 3 is 2.18 bits per heavy atom. The summed E-state index contributed by atoms with van der Waals surface area (Å²) in [5, 5.41) is 3.47. The average molecular weight is 236 g/mol. The highest BCUT2D eigenvalue weighted by Gasteiger charge is 2.41. The lowest BCUT2D eigenvalue weighted by Crippen LogP contribution is -2.57. The molecule has 1 N–H and O–H groups in total. The lowest BCUT2D eigenvalue weighted by atomic mass is 9.68. The van der Waals surface area contributed by atoms with E-state index in [1.807, 2.05) is 0 Å². The third-order valence-electron chi connectivity index (χ3n) is 5.76. The summed E-state index contributed by atoms with van der Waals surface area (Å²) in [5.41, 5.74) is 0.734. The van der Waals surface area contributed by atoms with Crippen LogP contribution in [0.4, 0.5) is 0 Å². The monoisotopic (exact) mass is 236 g/mol. The molecule has 3 fully saturated rings. The molecular formula is C15H28N2. The summed E-state index contributed by atoms with van der Waals surface area (Å²) in [7, 11) is 0. The topological polar surface area (TPSA) is 15.3 Å². The van der Waals surface area contributed by atoms with Crippen LogP contribution in [-0.2, 0) is 0 Å². The Bertz CT molecular complexity index is 242. The first-order valence-corrected chi connectivity index (χ1v) is 7.76. The fourth-order valence-corrected chi connectivity index (χ4v) is 4.14. The molecule has 1 aliphatic carbocycles. The highest BCUT2D eigenvalue weighted by atomic mass is 15.2. The van der Waals surface area contributed by atoms with E-state index in [2.05, 4.69) is 17.1 Å². The first kappa shape index (κ1) is 12.0. The van der Waals surface area contributed by atoms with E-state index in [1.165, 1.54) is 71.1 Å². The molecule has 0 amide bonds. The van der Waals surface area contributed by atoms with Gasteiger partial charge in [0.1, 0.15) is 0 Å². The summed E-state index contributed by atoms with van der Waals surface area (Å²) in [4.78, 5) is 2.81. The van der Waals surface area contributed by atoms with Crippen molar-refractivity contribution in [2.24, 2.45) is 11.3 Å². The van der Waals surface area contributed by atoms with Gasteiger partial charge in [0.05, 0.1) is 0 Å². The van der Waals surface area contributed by atoms with Gasteiger partial charge in [-0.2, -0.15) is 0 Å². The standard InChI is InChI=1S/C15H28N2/c1-2-13-5-9-17(10-6-13)14-3-7-15(8-4-14)11-16-12-15/h13-14,16H,2-12H2,1H3. The number of rotatable bonds is 2. The van der Waals surface area contributed by atoms with Gasteiger partial charge in [0.15, 0.2) is 0 Å². The van der Waals surface area contributed by atoms with E-state index in [1.54, 1.807) is 0 Å². The first-order chi connectivity index (χ1) is 8.31. The minimum atomic E-state index is 0.734. The number of nitrogens with zero attached hydrogens (tertiary/aromatic N) is 1. The molecule has 1 saturated carbocycles. The summed E-state index contributed by atoms with van der Waals surface area (Å²) < 4.78 is 0. The Morgan fingerprint density at radius 1 is 1.06 bits per heavy atom. The molecule has 0 bridgehead atoms. The van der Waals surface area contributed by atoms with Crippen LogP contribution in [0.1, 0.15) is 51.9 Å². The van der Waals surface area contributed by atoms with Crippen molar-refractivity contribution in [3.63, 3.8) is 0 Å². The highest BCUT2D eigenvalue weighted by molar-refractivity contribution is 4.97. The van der Waals surface area contributed by atoms with Crippen LogP contribution in [0.25, 0.3) is 0 Å². The van der Waals surface area contributed by atoms with E-state index < -0.39 is 0 Å².